The van der Waals surface area contributed by atoms with Crippen molar-refractivity contribution in [3.63, 3.8) is 0 Å². The van der Waals surface area contributed by atoms with Crippen LogP contribution in [0.1, 0.15) is 23.7 Å². The molecule has 0 spiro atoms. The van der Waals surface area contributed by atoms with E-state index >= 15 is 0 Å². The Kier molecular flexibility index (Phi) is 7.06. The zero-order valence-corrected chi connectivity index (χ0v) is 13.1. The molecule has 0 radical (unpaired) electrons. The van der Waals surface area contributed by atoms with Crippen LogP contribution in [0.15, 0.2) is 23.2 Å². The van der Waals surface area contributed by atoms with Gasteiger partial charge in [0, 0.05) is 13.3 Å². The first-order valence-electron chi connectivity index (χ1n) is 6.66. The number of benzene rings is 1. The summed E-state index contributed by atoms with van der Waals surface area (Å²) in [4.78, 5) is 27.3. The lowest BCUT2D eigenvalue weighted by molar-refractivity contribution is -0.144. The summed E-state index contributed by atoms with van der Waals surface area (Å²) >= 11 is 6.10. The minimum atomic E-state index is -1.12. The first kappa shape index (κ1) is 17.7. The van der Waals surface area contributed by atoms with Gasteiger partial charge in [-0.05, 0) is 18.6 Å². The normalized spacial score (nSPS) is 11.7. The summed E-state index contributed by atoms with van der Waals surface area (Å²) in [7, 11) is 1.49. The first-order chi connectivity index (χ1) is 10.5. The number of hydrogen-bond donors (Lipinski definition) is 1. The van der Waals surface area contributed by atoms with E-state index in [9.17, 15) is 9.59 Å². The minimum Gasteiger partial charge on any atom is -0.464 e. The number of carbonyl (C=O) groups excluding carboxylic acids is 2. The quantitative estimate of drug-likeness (QED) is 0.643. The number of amides is 1. The molecule has 1 N–H and O–H groups in total. The van der Waals surface area contributed by atoms with Gasteiger partial charge in [0.1, 0.15) is 0 Å². The van der Waals surface area contributed by atoms with Crippen LogP contribution in [0, 0.1) is 17.2 Å². The molecular formula is C15H16ClN3O3. The van der Waals surface area contributed by atoms with Crippen molar-refractivity contribution in [2.45, 2.75) is 13.3 Å². The molecule has 0 saturated heterocycles. The predicted octanol–water partition coefficient (Wildman–Crippen LogP) is 2.49. The van der Waals surface area contributed by atoms with Gasteiger partial charge < -0.3 is 10.1 Å². The van der Waals surface area contributed by atoms with Crippen molar-refractivity contribution in [1.29, 1.82) is 5.26 Å². The fourth-order valence-electron chi connectivity index (χ4n) is 1.52. The summed E-state index contributed by atoms with van der Waals surface area (Å²) in [5.74, 6) is -2.13. The number of hydrogen-bond acceptors (Lipinski definition) is 5. The van der Waals surface area contributed by atoms with E-state index in [-0.39, 0.29) is 23.1 Å². The van der Waals surface area contributed by atoms with Crippen LogP contribution >= 0.6 is 11.6 Å². The van der Waals surface area contributed by atoms with Crippen LogP contribution in [0.4, 0.5) is 5.69 Å². The topological polar surface area (TPSA) is 91.6 Å². The third kappa shape index (κ3) is 4.57. The van der Waals surface area contributed by atoms with Crippen molar-refractivity contribution in [1.82, 2.24) is 5.32 Å². The molecule has 0 fully saturated rings. The average molecular weight is 322 g/mol. The molecule has 1 aromatic rings. The molecule has 116 valence electrons. The van der Waals surface area contributed by atoms with Crippen LogP contribution in [0.2, 0.25) is 5.02 Å². The average Bonchev–Trinajstić information content (AvgIpc) is 2.54. The van der Waals surface area contributed by atoms with Gasteiger partial charge in [-0.25, -0.2) is 0 Å². The first-order valence-corrected chi connectivity index (χ1v) is 7.04. The largest absolute Gasteiger partial charge is 0.464 e. The zero-order chi connectivity index (χ0) is 16.5. The fraction of sp³-hybridized carbons (Fsp3) is 0.333. The number of ether oxygens (including phenoxy) is 1. The Bertz CT molecular complexity index is 623. The van der Waals surface area contributed by atoms with E-state index in [1.54, 1.807) is 24.3 Å². The Morgan fingerprint density at radius 1 is 1.55 bits per heavy atom. The predicted molar refractivity (Wildman–Crippen MR) is 83.3 cm³/mol. The maximum absolute atomic E-state index is 11.6. The van der Waals surface area contributed by atoms with Crippen molar-refractivity contribution in [3.8, 4) is 6.07 Å². The van der Waals surface area contributed by atoms with Crippen LogP contribution in [0.25, 0.3) is 0 Å². The number of rotatable bonds is 6. The van der Waals surface area contributed by atoms with Crippen LogP contribution in [0.3, 0.4) is 0 Å². The number of nitrogens with zero attached hydrogens (tertiary/aromatic N) is 2. The second-order valence-corrected chi connectivity index (χ2v) is 4.65. The summed E-state index contributed by atoms with van der Waals surface area (Å²) in [6.07, 6.45) is 1.83. The van der Waals surface area contributed by atoms with E-state index in [0.717, 1.165) is 6.21 Å². The zero-order valence-electron chi connectivity index (χ0n) is 12.3. The van der Waals surface area contributed by atoms with E-state index in [2.05, 4.69) is 10.3 Å². The van der Waals surface area contributed by atoms with Gasteiger partial charge in [-0.3, -0.25) is 14.6 Å². The molecule has 0 aliphatic carbocycles. The molecule has 1 rings (SSSR count). The lowest BCUT2D eigenvalue weighted by atomic mass is 10.1. The summed E-state index contributed by atoms with van der Waals surface area (Å²) in [6, 6.07) is 6.55. The summed E-state index contributed by atoms with van der Waals surface area (Å²) < 4.78 is 4.89. The monoisotopic (exact) mass is 321 g/mol. The number of halogens is 1. The summed E-state index contributed by atoms with van der Waals surface area (Å²) in [5, 5.41) is 11.6. The van der Waals surface area contributed by atoms with Crippen LogP contribution in [0.5, 0.6) is 0 Å². The SMILES string of the molecule is CCCOC(=O)C(C#N)C=Nc1cccc(C(=O)NC)c1Cl. The van der Waals surface area contributed by atoms with Crippen molar-refractivity contribution in [3.05, 3.63) is 28.8 Å². The second kappa shape index (κ2) is 8.80. The van der Waals surface area contributed by atoms with Gasteiger partial charge in [0.15, 0.2) is 5.92 Å². The van der Waals surface area contributed by atoms with Gasteiger partial charge in [0.05, 0.1) is 28.9 Å². The van der Waals surface area contributed by atoms with E-state index < -0.39 is 11.9 Å². The lowest BCUT2D eigenvalue weighted by Crippen LogP contribution is -2.18. The number of nitriles is 1. The highest BCUT2D eigenvalue weighted by atomic mass is 35.5. The van der Waals surface area contributed by atoms with Gasteiger partial charge in [-0.15, -0.1) is 0 Å². The maximum atomic E-state index is 11.6. The minimum absolute atomic E-state index is 0.150. The third-order valence-corrected chi connectivity index (χ3v) is 3.05. The van der Waals surface area contributed by atoms with Gasteiger partial charge in [0.2, 0.25) is 0 Å². The molecule has 0 bridgehead atoms. The Labute approximate surface area is 133 Å². The third-order valence-electron chi connectivity index (χ3n) is 2.65. The second-order valence-electron chi connectivity index (χ2n) is 4.27. The number of carbonyl (C=O) groups is 2. The summed E-state index contributed by atoms with van der Waals surface area (Å²) in [6.45, 7) is 2.10. The maximum Gasteiger partial charge on any atom is 0.328 e. The molecule has 0 aromatic heterocycles. The Morgan fingerprint density at radius 2 is 2.27 bits per heavy atom. The van der Waals surface area contributed by atoms with E-state index in [0.29, 0.717) is 12.1 Å². The highest BCUT2D eigenvalue weighted by Gasteiger charge is 2.17. The highest BCUT2D eigenvalue weighted by molar-refractivity contribution is 6.36. The molecule has 1 aromatic carbocycles. The van der Waals surface area contributed by atoms with Crippen molar-refractivity contribution in [2.24, 2.45) is 10.9 Å². The Hall–Kier alpha value is -2.39. The Balaban J connectivity index is 2.96. The molecule has 0 heterocycles. The Morgan fingerprint density at radius 3 is 2.86 bits per heavy atom. The van der Waals surface area contributed by atoms with Crippen LogP contribution in [-0.4, -0.2) is 31.7 Å². The molecule has 6 nitrogen and oxygen atoms in total. The van der Waals surface area contributed by atoms with Crippen LogP contribution in [-0.2, 0) is 9.53 Å². The number of aliphatic imine (C=N–C) groups is 1. The smallest absolute Gasteiger partial charge is 0.328 e. The lowest BCUT2D eigenvalue weighted by Gasteiger charge is -2.06. The number of esters is 1. The van der Waals surface area contributed by atoms with Gasteiger partial charge >= 0.3 is 5.97 Å². The number of nitrogens with one attached hydrogen (secondary N) is 1. The fourth-order valence-corrected chi connectivity index (χ4v) is 1.78. The van der Waals surface area contributed by atoms with Crippen molar-refractivity contribution >= 4 is 35.4 Å². The van der Waals surface area contributed by atoms with Crippen molar-refractivity contribution < 1.29 is 14.3 Å². The summed E-state index contributed by atoms with van der Waals surface area (Å²) in [5.41, 5.74) is 0.562. The molecule has 7 heteroatoms. The highest BCUT2D eigenvalue weighted by Crippen LogP contribution is 2.28. The van der Waals surface area contributed by atoms with E-state index in [1.807, 2.05) is 6.92 Å². The molecule has 0 aliphatic heterocycles. The van der Waals surface area contributed by atoms with E-state index in [4.69, 9.17) is 21.6 Å². The molecule has 1 unspecified atom stereocenters. The molecular weight excluding hydrogens is 306 g/mol. The molecule has 0 aliphatic rings. The van der Waals surface area contributed by atoms with Gasteiger partial charge in [-0.2, -0.15) is 5.26 Å². The van der Waals surface area contributed by atoms with Crippen LogP contribution < -0.4 is 5.32 Å². The molecule has 22 heavy (non-hydrogen) atoms. The van der Waals surface area contributed by atoms with Gasteiger partial charge in [-0.1, -0.05) is 24.6 Å². The standard InChI is InChI=1S/C15H16ClN3O3/c1-3-7-22-15(21)10(8-17)9-19-12-6-4-5-11(13(12)16)14(20)18-2/h4-6,9-10H,3,7H2,1-2H3,(H,18,20). The van der Waals surface area contributed by atoms with Gasteiger partial charge in [0.25, 0.3) is 5.91 Å². The molecule has 1 amide bonds. The van der Waals surface area contributed by atoms with E-state index in [1.165, 1.54) is 7.05 Å². The van der Waals surface area contributed by atoms with Crippen molar-refractivity contribution in [2.75, 3.05) is 13.7 Å². The molecule has 0 saturated carbocycles. The molecule has 1 atom stereocenters.